The van der Waals surface area contributed by atoms with Gasteiger partial charge in [-0.1, -0.05) is 12.1 Å². The Hall–Kier alpha value is -3.35. The van der Waals surface area contributed by atoms with Gasteiger partial charge in [0, 0.05) is 12.1 Å². The van der Waals surface area contributed by atoms with Crippen molar-refractivity contribution in [2.75, 3.05) is 20.8 Å². The van der Waals surface area contributed by atoms with Crippen LogP contribution in [0.15, 0.2) is 42.5 Å². The lowest BCUT2D eigenvalue weighted by molar-refractivity contribution is -0.120. The number of hydrogen-bond acceptors (Lipinski definition) is 5. The number of nitrogens with one attached hydrogen (secondary N) is 2. The number of hydrogen-bond donors (Lipinski definition) is 2. The molecule has 2 aromatic carbocycles. The van der Waals surface area contributed by atoms with Crippen molar-refractivity contribution in [3.8, 4) is 16.9 Å². The molecule has 27 heavy (non-hydrogen) atoms. The molecule has 2 aromatic rings. The first-order valence-electron chi connectivity index (χ1n) is 8.49. The van der Waals surface area contributed by atoms with Gasteiger partial charge in [0.1, 0.15) is 11.8 Å². The molecular formula is C20H20N2O5. The van der Waals surface area contributed by atoms with Crippen molar-refractivity contribution in [2.45, 2.75) is 12.5 Å². The Balaban J connectivity index is 1.92. The van der Waals surface area contributed by atoms with Crippen molar-refractivity contribution < 1.29 is 23.9 Å². The zero-order valence-corrected chi connectivity index (χ0v) is 15.1. The van der Waals surface area contributed by atoms with E-state index in [-0.39, 0.29) is 11.8 Å². The van der Waals surface area contributed by atoms with Gasteiger partial charge in [-0.3, -0.25) is 9.59 Å². The highest BCUT2D eigenvalue weighted by molar-refractivity contribution is 6.01. The summed E-state index contributed by atoms with van der Waals surface area (Å²) in [5, 5.41) is 5.41. The minimum atomic E-state index is -0.521. The summed E-state index contributed by atoms with van der Waals surface area (Å²) in [6.07, 6.45) is 0.565. The number of benzene rings is 2. The van der Waals surface area contributed by atoms with E-state index >= 15 is 0 Å². The predicted molar refractivity (Wildman–Crippen MR) is 98.7 cm³/mol. The van der Waals surface area contributed by atoms with Crippen LogP contribution >= 0.6 is 0 Å². The third-order valence-corrected chi connectivity index (χ3v) is 4.42. The van der Waals surface area contributed by atoms with Gasteiger partial charge < -0.3 is 20.1 Å². The minimum Gasteiger partial charge on any atom is -0.497 e. The first-order valence-corrected chi connectivity index (χ1v) is 8.49. The molecule has 0 spiro atoms. The normalized spacial score (nSPS) is 15.8. The van der Waals surface area contributed by atoms with Gasteiger partial charge in [-0.25, -0.2) is 4.79 Å². The molecule has 3 rings (SSSR count). The Bertz CT molecular complexity index is 894. The van der Waals surface area contributed by atoms with Gasteiger partial charge in [-0.05, 0) is 47.9 Å². The fourth-order valence-corrected chi connectivity index (χ4v) is 2.98. The lowest BCUT2D eigenvalue weighted by atomic mass is 9.97. The molecule has 1 fully saturated rings. The molecular weight excluding hydrogens is 348 g/mol. The predicted octanol–water partition coefficient (Wildman–Crippen LogP) is 1.77. The molecule has 0 radical (unpaired) electrons. The van der Waals surface area contributed by atoms with Gasteiger partial charge in [-0.15, -0.1) is 0 Å². The van der Waals surface area contributed by atoms with Crippen molar-refractivity contribution in [3.63, 3.8) is 0 Å². The number of esters is 1. The highest BCUT2D eigenvalue weighted by atomic mass is 16.5. The van der Waals surface area contributed by atoms with Gasteiger partial charge in [0.25, 0.3) is 5.91 Å². The van der Waals surface area contributed by atoms with Gasteiger partial charge >= 0.3 is 5.97 Å². The van der Waals surface area contributed by atoms with Crippen LogP contribution in [0.4, 0.5) is 0 Å². The average Bonchev–Trinajstić information content (AvgIpc) is 3.11. The summed E-state index contributed by atoms with van der Waals surface area (Å²) in [6, 6.07) is 11.4. The Labute approximate surface area is 156 Å². The lowest BCUT2D eigenvalue weighted by Crippen LogP contribution is -2.40. The van der Waals surface area contributed by atoms with Crippen LogP contribution < -0.4 is 15.4 Å². The quantitative estimate of drug-likeness (QED) is 0.785. The zero-order valence-electron chi connectivity index (χ0n) is 15.1. The van der Waals surface area contributed by atoms with E-state index in [2.05, 4.69) is 10.6 Å². The second kappa shape index (κ2) is 7.90. The summed E-state index contributed by atoms with van der Waals surface area (Å²) in [4.78, 5) is 36.3. The summed E-state index contributed by atoms with van der Waals surface area (Å²) in [5.74, 6) is -0.489. The molecule has 7 nitrogen and oxygen atoms in total. The molecule has 0 aliphatic carbocycles. The fourth-order valence-electron chi connectivity index (χ4n) is 2.98. The van der Waals surface area contributed by atoms with Crippen LogP contribution in [0.2, 0.25) is 0 Å². The summed E-state index contributed by atoms with van der Waals surface area (Å²) < 4.78 is 10.0. The van der Waals surface area contributed by atoms with E-state index in [1.54, 1.807) is 42.5 Å². The maximum Gasteiger partial charge on any atom is 0.338 e. The van der Waals surface area contributed by atoms with Crippen LogP contribution in [-0.4, -0.2) is 44.6 Å². The molecule has 0 unspecified atom stereocenters. The minimum absolute atomic E-state index is 0.178. The topological polar surface area (TPSA) is 93.7 Å². The van der Waals surface area contributed by atoms with E-state index in [0.717, 1.165) is 0 Å². The fraction of sp³-hybridized carbons (Fsp3) is 0.250. The highest BCUT2D eigenvalue weighted by Gasteiger charge is 2.26. The Morgan fingerprint density at radius 1 is 1.15 bits per heavy atom. The van der Waals surface area contributed by atoms with E-state index in [0.29, 0.717) is 41.0 Å². The number of rotatable bonds is 5. The van der Waals surface area contributed by atoms with Gasteiger partial charge in [0.05, 0.1) is 19.8 Å². The van der Waals surface area contributed by atoms with Crippen LogP contribution in [-0.2, 0) is 9.53 Å². The molecule has 1 aliphatic heterocycles. The Morgan fingerprint density at radius 2 is 1.96 bits per heavy atom. The number of ether oxygens (including phenoxy) is 2. The van der Waals surface area contributed by atoms with E-state index in [4.69, 9.17) is 9.47 Å². The van der Waals surface area contributed by atoms with Crippen LogP contribution in [0.25, 0.3) is 11.1 Å². The number of carbonyl (C=O) groups is 3. The van der Waals surface area contributed by atoms with Crippen molar-refractivity contribution in [2.24, 2.45) is 0 Å². The van der Waals surface area contributed by atoms with Crippen molar-refractivity contribution in [1.29, 1.82) is 0 Å². The average molecular weight is 368 g/mol. The molecule has 1 atom stereocenters. The van der Waals surface area contributed by atoms with E-state index in [9.17, 15) is 14.4 Å². The van der Waals surface area contributed by atoms with Crippen molar-refractivity contribution in [1.82, 2.24) is 10.6 Å². The van der Waals surface area contributed by atoms with Crippen LogP contribution in [0.3, 0.4) is 0 Å². The number of amides is 2. The van der Waals surface area contributed by atoms with Crippen molar-refractivity contribution >= 4 is 17.8 Å². The molecule has 0 aromatic heterocycles. The van der Waals surface area contributed by atoms with Gasteiger partial charge in [0.2, 0.25) is 5.91 Å². The SMILES string of the molecule is COC(=O)c1cc(OC)ccc1-c1cccc(C(=O)N[C@H]2CCNC2=O)c1. The molecule has 0 bridgehead atoms. The highest BCUT2D eigenvalue weighted by Crippen LogP contribution is 2.28. The molecule has 0 saturated carbocycles. The largest absolute Gasteiger partial charge is 0.497 e. The number of carbonyl (C=O) groups excluding carboxylic acids is 3. The molecule has 2 amide bonds. The molecule has 140 valence electrons. The van der Waals surface area contributed by atoms with Crippen molar-refractivity contribution in [3.05, 3.63) is 53.6 Å². The standard InChI is InChI=1S/C20H20N2O5/c1-26-14-6-7-15(16(11-14)20(25)27-2)12-4-3-5-13(10-12)18(23)22-17-8-9-21-19(17)24/h3-7,10-11,17H,8-9H2,1-2H3,(H,21,24)(H,22,23)/t17-/m0/s1. The summed E-state index contributed by atoms with van der Waals surface area (Å²) in [5.41, 5.74) is 2.04. The maximum absolute atomic E-state index is 12.5. The monoisotopic (exact) mass is 368 g/mol. The smallest absolute Gasteiger partial charge is 0.338 e. The molecule has 7 heteroatoms. The van der Waals surface area contributed by atoms with E-state index in [1.807, 2.05) is 0 Å². The summed E-state index contributed by atoms with van der Waals surface area (Å²) >= 11 is 0. The molecule has 1 saturated heterocycles. The van der Waals surface area contributed by atoms with Gasteiger partial charge in [-0.2, -0.15) is 0 Å². The van der Waals surface area contributed by atoms with E-state index < -0.39 is 12.0 Å². The zero-order chi connectivity index (χ0) is 19.4. The summed E-state index contributed by atoms with van der Waals surface area (Å²) in [6.45, 7) is 0.554. The Morgan fingerprint density at radius 3 is 2.63 bits per heavy atom. The van der Waals surface area contributed by atoms with Crippen LogP contribution in [0, 0.1) is 0 Å². The summed E-state index contributed by atoms with van der Waals surface area (Å²) in [7, 11) is 2.82. The lowest BCUT2D eigenvalue weighted by Gasteiger charge is -2.13. The maximum atomic E-state index is 12.5. The second-order valence-corrected chi connectivity index (χ2v) is 6.09. The van der Waals surface area contributed by atoms with Crippen LogP contribution in [0.1, 0.15) is 27.1 Å². The Kier molecular flexibility index (Phi) is 5.40. The van der Waals surface area contributed by atoms with Crippen LogP contribution in [0.5, 0.6) is 5.75 Å². The molecule has 1 aliphatic rings. The first kappa shape index (κ1) is 18.4. The number of methoxy groups -OCH3 is 2. The second-order valence-electron chi connectivity index (χ2n) is 6.09. The third kappa shape index (κ3) is 3.92. The molecule has 2 N–H and O–H groups in total. The van der Waals surface area contributed by atoms with E-state index in [1.165, 1.54) is 14.2 Å². The first-order chi connectivity index (χ1) is 13.0. The molecule has 1 heterocycles. The third-order valence-electron chi connectivity index (χ3n) is 4.42. The van der Waals surface area contributed by atoms with Gasteiger partial charge in [0.15, 0.2) is 0 Å².